The van der Waals surface area contributed by atoms with E-state index in [1.807, 2.05) is 0 Å². The van der Waals surface area contributed by atoms with Gasteiger partial charge in [0.25, 0.3) is 0 Å². The maximum atomic E-state index is 9.26. The summed E-state index contributed by atoms with van der Waals surface area (Å²) >= 11 is 0. The Morgan fingerprint density at radius 2 is 1.12 bits per heavy atom. The average Bonchev–Trinajstić information content (AvgIpc) is 1.61. The van der Waals surface area contributed by atoms with Crippen LogP contribution in [-0.2, 0) is 54.3 Å². The summed E-state index contributed by atoms with van der Waals surface area (Å²) in [7, 11) is 0. The van der Waals surface area contributed by atoms with E-state index in [0.29, 0.717) is 0 Å². The van der Waals surface area contributed by atoms with Gasteiger partial charge in [-0.1, -0.05) is 0 Å². The van der Waals surface area contributed by atoms with Crippen molar-refractivity contribution in [3.8, 4) is 0 Å². The fourth-order valence-electron chi connectivity index (χ4n) is 0.102. The van der Waals surface area contributed by atoms with Gasteiger partial charge in [-0.25, -0.2) is 0 Å². The molecule has 54 valence electrons. The minimum absolute atomic E-state index is 0. The van der Waals surface area contributed by atoms with Crippen LogP contribution in [-0.4, -0.2) is 12.6 Å². The molecule has 8 heavy (non-hydrogen) atoms. The number of hydrogen-bond acceptors (Lipinski definition) is 2. The molecule has 0 aliphatic carbocycles. The molecule has 0 rings (SSSR count). The van der Waals surface area contributed by atoms with E-state index in [0.717, 1.165) is 0 Å². The van der Waals surface area contributed by atoms with Gasteiger partial charge < -0.3 is 9.59 Å². The van der Waals surface area contributed by atoms with Crippen LogP contribution < -0.4 is 0 Å². The van der Waals surface area contributed by atoms with Gasteiger partial charge in [-0.05, 0) is 0 Å². The molecule has 0 amide bonds. The topological polar surface area (TPSA) is 34.1 Å². The quantitative estimate of drug-likeness (QED) is 0.325. The van der Waals surface area contributed by atoms with Crippen LogP contribution in [0.5, 0.6) is 0 Å². The molecule has 0 aromatic heterocycles. The van der Waals surface area contributed by atoms with Crippen LogP contribution in [0.15, 0.2) is 0 Å². The van der Waals surface area contributed by atoms with Gasteiger partial charge in [0.1, 0.15) is 0 Å². The minimum Gasteiger partial charge on any atom is -0.542 e. The fourth-order valence-corrected chi connectivity index (χ4v) is 0.102. The third kappa shape index (κ3) is 15.8. The Labute approximate surface area is 79.4 Å². The summed E-state index contributed by atoms with van der Waals surface area (Å²) in [4.78, 5) is 18.5. The molecule has 0 aromatic carbocycles. The van der Waals surface area contributed by atoms with Gasteiger partial charge in [0, 0.05) is 0 Å². The van der Waals surface area contributed by atoms with Gasteiger partial charge in [0.05, 0.1) is 0 Å². The molecule has 0 N–H and O–H groups in total. The van der Waals surface area contributed by atoms with Crippen LogP contribution in [0.4, 0.5) is 0 Å². The zero-order valence-electron chi connectivity index (χ0n) is 3.83. The van der Waals surface area contributed by atoms with E-state index in [1.165, 1.54) is 0 Å². The molecule has 0 unspecified atom stereocenters. The smallest absolute Gasteiger partial charge is 0.542 e. The molecule has 0 aliphatic heterocycles. The standard InChI is InChI=1S/C4H4O2.2Au/c5-3-1-2-4-6;;/h1-2H2;;/q-2;2*+1. The van der Waals surface area contributed by atoms with Gasteiger partial charge in [0.15, 0.2) is 0 Å². The van der Waals surface area contributed by atoms with E-state index in [1.54, 1.807) is 12.6 Å². The van der Waals surface area contributed by atoms with Crippen LogP contribution in [0.1, 0.15) is 12.8 Å². The molecule has 0 saturated heterocycles. The number of hydrogen-bond donors (Lipinski definition) is 0. The second kappa shape index (κ2) is 15.7. The Bertz CT molecular complexity index is 48.0. The molecule has 0 heterocycles. The van der Waals surface area contributed by atoms with Crippen molar-refractivity contribution in [1.29, 1.82) is 0 Å². The van der Waals surface area contributed by atoms with Crippen molar-refractivity contribution in [3.05, 3.63) is 0 Å². The second-order valence-corrected chi connectivity index (χ2v) is 0.789. The summed E-state index contributed by atoms with van der Waals surface area (Å²) in [6.45, 7) is 0. The molecule has 0 fully saturated rings. The predicted molar refractivity (Wildman–Crippen MR) is 20.6 cm³/mol. The maximum Gasteiger partial charge on any atom is 1.00 e. The molecular formula is C4H4Au2O2. The molecule has 0 aromatic rings. The van der Waals surface area contributed by atoms with Crippen LogP contribution >= 0.6 is 0 Å². The minimum atomic E-state index is 0. The molecule has 0 spiro atoms. The van der Waals surface area contributed by atoms with Gasteiger partial charge in [-0.2, -0.15) is 12.8 Å². The number of rotatable bonds is 3. The Morgan fingerprint density at radius 3 is 1.25 bits per heavy atom. The first-order valence-corrected chi connectivity index (χ1v) is 1.62. The normalized spacial score (nSPS) is 5.50. The average molecular weight is 478 g/mol. The van der Waals surface area contributed by atoms with Crippen molar-refractivity contribution in [2.24, 2.45) is 0 Å². The molecule has 0 bridgehead atoms. The second-order valence-electron chi connectivity index (χ2n) is 0.789. The maximum absolute atomic E-state index is 9.26. The Kier molecular flexibility index (Phi) is 31.2. The van der Waals surface area contributed by atoms with E-state index in [-0.39, 0.29) is 57.6 Å². The van der Waals surface area contributed by atoms with Gasteiger partial charge in [-0.3, -0.25) is 12.6 Å². The first-order chi connectivity index (χ1) is 2.91. The third-order valence-corrected chi connectivity index (χ3v) is 0.329. The van der Waals surface area contributed by atoms with Gasteiger partial charge in [-0.15, -0.1) is 0 Å². The third-order valence-electron chi connectivity index (χ3n) is 0.329. The number of carbonyl (C=O) groups excluding carboxylic acids is 2. The first kappa shape index (κ1) is 15.9. The Hall–Kier alpha value is 0.821. The fraction of sp³-hybridized carbons (Fsp3) is 0.500. The van der Waals surface area contributed by atoms with Crippen molar-refractivity contribution < 1.29 is 54.3 Å². The summed E-state index contributed by atoms with van der Waals surface area (Å²) in [6.07, 6.45) is 3.48. The van der Waals surface area contributed by atoms with Gasteiger partial charge >= 0.3 is 44.8 Å². The zero-order valence-corrected chi connectivity index (χ0v) is 8.17. The molecule has 0 aliphatic rings. The summed E-state index contributed by atoms with van der Waals surface area (Å²) in [5.41, 5.74) is 0. The predicted octanol–water partition coefficient (Wildman–Crippen LogP) is -0.0190. The molecule has 0 saturated carbocycles. The van der Waals surface area contributed by atoms with E-state index in [2.05, 4.69) is 0 Å². The van der Waals surface area contributed by atoms with Crippen molar-refractivity contribution in [2.75, 3.05) is 0 Å². The van der Waals surface area contributed by atoms with E-state index in [9.17, 15) is 9.59 Å². The summed E-state index contributed by atoms with van der Waals surface area (Å²) in [6, 6.07) is 0. The SMILES string of the molecule is O=[C-]CC[C-]=O.[Au+].[Au+]. The Morgan fingerprint density at radius 1 is 0.875 bits per heavy atom. The van der Waals surface area contributed by atoms with Crippen LogP contribution in [0, 0.1) is 0 Å². The molecular weight excluding hydrogens is 474 g/mol. The molecule has 0 atom stereocenters. The van der Waals surface area contributed by atoms with Crippen molar-refractivity contribution >= 4 is 12.6 Å². The van der Waals surface area contributed by atoms with Crippen molar-refractivity contribution in [3.63, 3.8) is 0 Å². The Balaban J connectivity index is -0.000000125. The van der Waals surface area contributed by atoms with Crippen LogP contribution in [0.25, 0.3) is 0 Å². The molecule has 0 radical (unpaired) electrons. The summed E-state index contributed by atoms with van der Waals surface area (Å²) in [5, 5.41) is 0. The van der Waals surface area contributed by atoms with Crippen molar-refractivity contribution in [1.82, 2.24) is 0 Å². The van der Waals surface area contributed by atoms with E-state index in [4.69, 9.17) is 0 Å². The summed E-state index contributed by atoms with van der Waals surface area (Å²) in [5.74, 6) is 0. The molecule has 2 nitrogen and oxygen atoms in total. The largest absolute Gasteiger partial charge is 1.00 e. The van der Waals surface area contributed by atoms with E-state index >= 15 is 0 Å². The van der Waals surface area contributed by atoms with Gasteiger partial charge in [0.2, 0.25) is 0 Å². The number of unbranched alkanes of at least 4 members (excludes halogenated alkanes) is 1. The summed E-state index contributed by atoms with van der Waals surface area (Å²) < 4.78 is 0. The van der Waals surface area contributed by atoms with E-state index < -0.39 is 0 Å². The first-order valence-electron chi connectivity index (χ1n) is 1.62. The molecule has 4 heteroatoms. The van der Waals surface area contributed by atoms with Crippen LogP contribution in [0.2, 0.25) is 0 Å². The monoisotopic (exact) mass is 478 g/mol. The van der Waals surface area contributed by atoms with Crippen molar-refractivity contribution in [2.45, 2.75) is 12.8 Å². The van der Waals surface area contributed by atoms with Crippen LogP contribution in [0.3, 0.4) is 0 Å². The zero-order chi connectivity index (χ0) is 4.83.